The summed E-state index contributed by atoms with van der Waals surface area (Å²) in [5, 5.41) is 2.56. The van der Waals surface area contributed by atoms with Gasteiger partial charge >= 0.3 is 12.1 Å². The van der Waals surface area contributed by atoms with E-state index in [4.69, 9.17) is 9.47 Å². The molecule has 0 aromatic rings. The number of carbonyl (C=O) groups is 2. The van der Waals surface area contributed by atoms with Crippen molar-refractivity contribution in [3.63, 3.8) is 0 Å². The van der Waals surface area contributed by atoms with Crippen LogP contribution < -0.4 is 5.32 Å². The van der Waals surface area contributed by atoms with Crippen molar-refractivity contribution in [1.82, 2.24) is 5.32 Å². The van der Waals surface area contributed by atoms with Gasteiger partial charge in [0.05, 0.1) is 13.2 Å². The van der Waals surface area contributed by atoms with Gasteiger partial charge in [0.2, 0.25) is 0 Å². The minimum absolute atomic E-state index is 0.287. The average molecular weight is 259 g/mol. The molecular weight excluding hydrogens is 234 g/mol. The molecule has 5 heteroatoms. The molecule has 5 nitrogen and oxygen atoms in total. The van der Waals surface area contributed by atoms with Gasteiger partial charge in [0, 0.05) is 0 Å². The van der Waals surface area contributed by atoms with Crippen molar-refractivity contribution in [2.24, 2.45) is 5.92 Å². The number of hydrogen-bond donors (Lipinski definition) is 1. The largest absolute Gasteiger partial charge is 0.464 e. The Bertz CT molecular complexity index is 253. The lowest BCUT2D eigenvalue weighted by Crippen LogP contribution is -2.43. The Morgan fingerprint density at radius 1 is 1.17 bits per heavy atom. The van der Waals surface area contributed by atoms with E-state index in [1.165, 1.54) is 0 Å². The van der Waals surface area contributed by atoms with Crippen LogP contribution in [0.3, 0.4) is 0 Å². The number of ether oxygens (including phenoxy) is 2. The van der Waals surface area contributed by atoms with Gasteiger partial charge in [-0.3, -0.25) is 0 Å². The van der Waals surface area contributed by atoms with Gasteiger partial charge in [-0.05, 0) is 25.7 Å². The number of nitrogens with one attached hydrogen (secondary N) is 1. The number of unbranched alkanes of at least 4 members (excludes halogenated alkanes) is 1. The minimum atomic E-state index is -0.626. The molecule has 1 amide bonds. The molecule has 0 bridgehead atoms. The summed E-state index contributed by atoms with van der Waals surface area (Å²) in [7, 11) is 0. The summed E-state index contributed by atoms with van der Waals surface area (Å²) < 4.78 is 9.89. The third kappa shape index (κ3) is 7.92. The highest BCUT2D eigenvalue weighted by Gasteiger charge is 2.23. The summed E-state index contributed by atoms with van der Waals surface area (Å²) in [6.07, 6.45) is 1.77. The van der Waals surface area contributed by atoms with E-state index in [2.05, 4.69) is 5.32 Å². The Hall–Kier alpha value is -1.26. The highest BCUT2D eigenvalue weighted by molar-refractivity contribution is 5.81. The van der Waals surface area contributed by atoms with Crippen LogP contribution in [0.2, 0.25) is 0 Å². The maximum Gasteiger partial charge on any atom is 0.407 e. The molecule has 0 aliphatic heterocycles. The smallest absolute Gasteiger partial charge is 0.407 e. The Kier molecular flexibility index (Phi) is 9.06. The summed E-state index contributed by atoms with van der Waals surface area (Å²) in [6, 6.07) is -0.626. The van der Waals surface area contributed by atoms with Crippen molar-refractivity contribution in [2.45, 2.75) is 53.0 Å². The van der Waals surface area contributed by atoms with E-state index < -0.39 is 18.1 Å². The molecule has 18 heavy (non-hydrogen) atoms. The van der Waals surface area contributed by atoms with Gasteiger partial charge in [-0.2, -0.15) is 0 Å². The van der Waals surface area contributed by atoms with E-state index in [0.717, 1.165) is 12.8 Å². The van der Waals surface area contributed by atoms with Crippen molar-refractivity contribution >= 4 is 12.1 Å². The van der Waals surface area contributed by atoms with Crippen molar-refractivity contribution in [3.05, 3.63) is 0 Å². The van der Waals surface area contributed by atoms with E-state index >= 15 is 0 Å². The van der Waals surface area contributed by atoms with Gasteiger partial charge < -0.3 is 14.8 Å². The molecular formula is C13H25NO4. The molecule has 1 unspecified atom stereocenters. The second-order valence-corrected chi connectivity index (χ2v) is 4.57. The predicted molar refractivity (Wildman–Crippen MR) is 69.3 cm³/mol. The molecule has 0 spiro atoms. The molecule has 0 radical (unpaired) electrons. The first kappa shape index (κ1) is 16.7. The molecule has 1 atom stereocenters. The van der Waals surface area contributed by atoms with Gasteiger partial charge in [0.1, 0.15) is 6.04 Å². The van der Waals surface area contributed by atoms with Crippen molar-refractivity contribution in [2.75, 3.05) is 13.2 Å². The van der Waals surface area contributed by atoms with Gasteiger partial charge in [0.15, 0.2) is 0 Å². The number of hydrogen-bond acceptors (Lipinski definition) is 4. The van der Waals surface area contributed by atoms with Crippen LogP contribution in [0.25, 0.3) is 0 Å². The van der Waals surface area contributed by atoms with Gasteiger partial charge in [-0.25, -0.2) is 9.59 Å². The summed E-state index contributed by atoms with van der Waals surface area (Å²) in [6.45, 7) is 8.40. The van der Waals surface area contributed by atoms with Crippen LogP contribution in [0, 0.1) is 5.92 Å². The van der Waals surface area contributed by atoms with Crippen LogP contribution >= 0.6 is 0 Å². The van der Waals surface area contributed by atoms with Crippen LogP contribution in [0.5, 0.6) is 0 Å². The SMILES string of the molecule is CCCCOC(=O)NC(CC(C)C)C(=O)OCC. The lowest BCUT2D eigenvalue weighted by Gasteiger charge is -2.18. The lowest BCUT2D eigenvalue weighted by molar-refractivity contribution is -0.146. The summed E-state index contributed by atoms with van der Waals surface area (Å²) in [4.78, 5) is 23.1. The predicted octanol–water partition coefficient (Wildman–Crippen LogP) is 2.49. The van der Waals surface area contributed by atoms with Crippen LogP contribution in [0.15, 0.2) is 0 Å². The van der Waals surface area contributed by atoms with Crippen molar-refractivity contribution < 1.29 is 19.1 Å². The molecule has 106 valence electrons. The van der Waals surface area contributed by atoms with Crippen LogP contribution in [0.1, 0.15) is 47.0 Å². The Balaban J connectivity index is 4.21. The minimum Gasteiger partial charge on any atom is -0.464 e. The van der Waals surface area contributed by atoms with E-state index in [1.54, 1.807) is 6.92 Å². The van der Waals surface area contributed by atoms with Crippen molar-refractivity contribution in [3.8, 4) is 0 Å². The Morgan fingerprint density at radius 2 is 1.83 bits per heavy atom. The van der Waals surface area contributed by atoms with Gasteiger partial charge in [-0.15, -0.1) is 0 Å². The molecule has 0 aromatic heterocycles. The van der Waals surface area contributed by atoms with Crippen molar-refractivity contribution in [1.29, 1.82) is 0 Å². The molecule has 0 aliphatic carbocycles. The maximum absolute atomic E-state index is 11.7. The highest BCUT2D eigenvalue weighted by atomic mass is 16.6. The summed E-state index contributed by atoms with van der Waals surface area (Å²) in [5.74, 6) is -0.117. The molecule has 1 N–H and O–H groups in total. The van der Waals surface area contributed by atoms with E-state index in [0.29, 0.717) is 19.6 Å². The third-order valence-electron chi connectivity index (χ3n) is 2.30. The second-order valence-electron chi connectivity index (χ2n) is 4.57. The molecule has 0 aliphatic rings. The van der Waals surface area contributed by atoms with Gasteiger partial charge in [-0.1, -0.05) is 27.2 Å². The average Bonchev–Trinajstić information content (AvgIpc) is 2.28. The highest BCUT2D eigenvalue weighted by Crippen LogP contribution is 2.07. The fourth-order valence-electron chi connectivity index (χ4n) is 1.42. The van der Waals surface area contributed by atoms with Crippen LogP contribution in [-0.2, 0) is 14.3 Å². The number of esters is 1. The van der Waals surface area contributed by atoms with Crippen LogP contribution in [0.4, 0.5) is 4.79 Å². The van der Waals surface area contributed by atoms with Crippen LogP contribution in [-0.4, -0.2) is 31.3 Å². The number of alkyl carbamates (subject to hydrolysis) is 1. The second kappa shape index (κ2) is 9.74. The van der Waals surface area contributed by atoms with E-state index in [-0.39, 0.29) is 5.92 Å². The molecule has 0 fully saturated rings. The molecule has 0 heterocycles. The molecule has 0 saturated carbocycles. The molecule has 0 saturated heterocycles. The van der Waals surface area contributed by atoms with E-state index in [9.17, 15) is 9.59 Å². The normalized spacial score (nSPS) is 12.1. The summed E-state index contributed by atoms with van der Waals surface area (Å²) in [5.41, 5.74) is 0. The third-order valence-corrected chi connectivity index (χ3v) is 2.30. The quantitative estimate of drug-likeness (QED) is 0.537. The summed E-state index contributed by atoms with van der Waals surface area (Å²) >= 11 is 0. The monoisotopic (exact) mass is 259 g/mol. The first-order valence-corrected chi connectivity index (χ1v) is 6.61. The fourth-order valence-corrected chi connectivity index (χ4v) is 1.42. The Morgan fingerprint density at radius 3 is 2.33 bits per heavy atom. The number of amides is 1. The zero-order valence-electron chi connectivity index (χ0n) is 11.8. The molecule has 0 aromatic carbocycles. The maximum atomic E-state index is 11.7. The lowest BCUT2D eigenvalue weighted by atomic mass is 10.0. The fraction of sp³-hybridized carbons (Fsp3) is 0.846. The first-order chi connectivity index (χ1) is 8.51. The number of carbonyl (C=O) groups excluding carboxylic acids is 2. The topological polar surface area (TPSA) is 64.6 Å². The Labute approximate surface area is 109 Å². The first-order valence-electron chi connectivity index (χ1n) is 6.61. The zero-order chi connectivity index (χ0) is 14.0. The molecule has 0 rings (SSSR count). The van der Waals surface area contributed by atoms with E-state index in [1.807, 2.05) is 20.8 Å². The zero-order valence-corrected chi connectivity index (χ0v) is 11.8. The number of rotatable bonds is 8. The van der Waals surface area contributed by atoms with Gasteiger partial charge in [0.25, 0.3) is 0 Å². The standard InChI is InChI=1S/C13H25NO4/c1-5-7-8-18-13(16)14-11(9-10(3)4)12(15)17-6-2/h10-11H,5-9H2,1-4H3,(H,14,16).